The number of amides is 1. The Bertz CT molecular complexity index is 2030. The molecular weight excluding hydrogens is 706 g/mol. The van der Waals surface area contributed by atoms with Crippen molar-refractivity contribution in [1.82, 2.24) is 19.7 Å². The number of halogens is 6. The Hall–Kier alpha value is -4.10. The van der Waals surface area contributed by atoms with Crippen molar-refractivity contribution in [3.8, 4) is 34.1 Å². The van der Waals surface area contributed by atoms with Crippen molar-refractivity contribution in [3.05, 3.63) is 46.7 Å². The van der Waals surface area contributed by atoms with Crippen LogP contribution in [0.1, 0.15) is 46.4 Å². The number of benzene rings is 1. The minimum Gasteiger partial charge on any atom is -0.490 e. The number of fused-ring (bicyclic) bond motifs is 2. The summed E-state index contributed by atoms with van der Waals surface area (Å²) in [5.41, 5.74) is -8.03. The van der Waals surface area contributed by atoms with Crippen LogP contribution in [0.2, 0.25) is 0 Å². The number of carbonyl (C=O) groups is 1. The first-order chi connectivity index (χ1) is 22.7. The monoisotopic (exact) mass is 736 g/mol. The lowest BCUT2D eigenvalue weighted by Gasteiger charge is -2.39. The van der Waals surface area contributed by atoms with E-state index in [9.17, 15) is 30.8 Å². The Labute approximate surface area is 280 Å². The smallest absolute Gasteiger partial charge is 0.490 e. The Morgan fingerprint density at radius 2 is 1.73 bits per heavy atom. The minimum atomic E-state index is -6.32. The highest BCUT2D eigenvalue weighted by molar-refractivity contribution is 7.88. The van der Waals surface area contributed by atoms with Gasteiger partial charge in [0.25, 0.3) is 5.88 Å². The third-order valence-electron chi connectivity index (χ3n) is 7.34. The molecule has 0 saturated carbocycles. The third-order valence-corrected chi connectivity index (χ3v) is 9.23. The van der Waals surface area contributed by atoms with Crippen LogP contribution in [0.15, 0.2) is 23.6 Å². The molecule has 0 fully saturated rings. The van der Waals surface area contributed by atoms with Crippen molar-refractivity contribution >= 4 is 37.6 Å². The second-order valence-corrected chi connectivity index (χ2v) is 14.5. The van der Waals surface area contributed by atoms with Gasteiger partial charge in [0.05, 0.1) is 36.5 Å². The molecule has 0 bridgehead atoms. The Morgan fingerprint density at radius 1 is 1.04 bits per heavy atom. The summed E-state index contributed by atoms with van der Waals surface area (Å²) in [5.74, 6) is -5.04. The zero-order chi connectivity index (χ0) is 36.2. The third kappa shape index (κ3) is 7.00. The van der Waals surface area contributed by atoms with Crippen LogP contribution in [0.5, 0.6) is 11.6 Å². The average Bonchev–Trinajstić information content (AvgIpc) is 3.56. The second-order valence-electron chi connectivity index (χ2n) is 12.1. The fourth-order valence-electron chi connectivity index (χ4n) is 5.38. The predicted molar refractivity (Wildman–Crippen MR) is 165 cm³/mol. The lowest BCUT2D eigenvalue weighted by atomic mass is 9.96. The first-order valence-corrected chi connectivity index (χ1v) is 16.8. The lowest BCUT2D eigenvalue weighted by molar-refractivity contribution is -0.0500. The highest BCUT2D eigenvalue weighted by Crippen LogP contribution is 2.49. The SMILES string of the molecule is COCCOc1cc(F)cc(F)c1-c1c(-c2cc3n(n2)C[C@@H](C)N(C(=O)OC(C)(C)C)[C@H]3C)nc(OS(=O)(=O)C(F)(F)F)c2scc(F)c12. The zero-order valence-corrected chi connectivity index (χ0v) is 28.4. The topological polar surface area (TPSA) is 122 Å². The van der Waals surface area contributed by atoms with Crippen LogP contribution in [0, 0.1) is 17.5 Å². The number of alkyl halides is 3. The number of nitrogens with zero attached hydrogens (tertiary/aromatic N) is 4. The van der Waals surface area contributed by atoms with Gasteiger partial charge < -0.3 is 18.4 Å². The van der Waals surface area contributed by atoms with E-state index in [2.05, 4.69) is 14.3 Å². The molecule has 1 aliphatic heterocycles. The van der Waals surface area contributed by atoms with Gasteiger partial charge in [0.1, 0.15) is 51.5 Å². The normalized spacial score (nSPS) is 16.9. The van der Waals surface area contributed by atoms with E-state index < -0.39 is 95.4 Å². The molecule has 19 heteroatoms. The second kappa shape index (κ2) is 13.0. The van der Waals surface area contributed by atoms with E-state index in [-0.39, 0.29) is 25.5 Å². The molecule has 1 aromatic carbocycles. The number of carbonyl (C=O) groups excluding carboxylic acids is 1. The van der Waals surface area contributed by atoms with Gasteiger partial charge in [0.2, 0.25) is 0 Å². The molecule has 1 aliphatic rings. The van der Waals surface area contributed by atoms with E-state index in [0.717, 1.165) is 11.4 Å². The molecule has 1 amide bonds. The van der Waals surface area contributed by atoms with Gasteiger partial charge in [0.15, 0.2) is 0 Å². The van der Waals surface area contributed by atoms with Crippen molar-refractivity contribution in [2.45, 2.75) is 64.4 Å². The fraction of sp³-hybridized carbons (Fsp3) is 0.433. The van der Waals surface area contributed by atoms with Crippen LogP contribution < -0.4 is 8.92 Å². The summed E-state index contributed by atoms with van der Waals surface area (Å²) in [6.07, 6.45) is -0.638. The van der Waals surface area contributed by atoms with Crippen molar-refractivity contribution in [3.63, 3.8) is 0 Å². The highest BCUT2D eigenvalue weighted by Gasteiger charge is 2.49. The first kappa shape index (κ1) is 36.2. The summed E-state index contributed by atoms with van der Waals surface area (Å²) in [6, 6.07) is 1.48. The maximum atomic E-state index is 15.9. The summed E-state index contributed by atoms with van der Waals surface area (Å²) in [5, 5.41) is 4.75. The van der Waals surface area contributed by atoms with Gasteiger partial charge in [-0.05, 0) is 40.7 Å². The van der Waals surface area contributed by atoms with E-state index in [0.29, 0.717) is 23.1 Å². The van der Waals surface area contributed by atoms with E-state index in [4.69, 9.17) is 14.2 Å². The molecule has 5 rings (SSSR count). The Kier molecular flexibility index (Phi) is 9.58. The number of hydrogen-bond donors (Lipinski definition) is 0. The summed E-state index contributed by atoms with van der Waals surface area (Å²) < 4.78 is 132. The number of thiophene rings is 1. The maximum absolute atomic E-state index is 15.9. The molecular formula is C30H30F6N4O7S2. The summed E-state index contributed by atoms with van der Waals surface area (Å²) in [6.45, 7) is 8.33. The molecule has 4 heterocycles. The van der Waals surface area contributed by atoms with Crippen LogP contribution in [0.25, 0.3) is 32.6 Å². The van der Waals surface area contributed by atoms with E-state index >= 15 is 8.78 Å². The van der Waals surface area contributed by atoms with E-state index in [1.807, 2.05) is 0 Å². The molecule has 3 aromatic heterocycles. The number of rotatable bonds is 8. The average molecular weight is 737 g/mol. The fourth-order valence-corrected chi connectivity index (χ4v) is 6.70. The molecule has 2 atom stereocenters. The van der Waals surface area contributed by atoms with E-state index in [1.165, 1.54) is 22.8 Å². The van der Waals surface area contributed by atoms with Gasteiger partial charge in [0, 0.05) is 35.6 Å². The summed E-state index contributed by atoms with van der Waals surface area (Å²) >= 11 is 0.442. The number of methoxy groups -OCH3 is 1. The lowest BCUT2D eigenvalue weighted by Crippen LogP contribution is -2.48. The highest BCUT2D eigenvalue weighted by atomic mass is 32.2. The molecule has 0 radical (unpaired) electrons. The summed E-state index contributed by atoms with van der Waals surface area (Å²) in [7, 11) is -4.97. The van der Waals surface area contributed by atoms with Crippen molar-refractivity contribution in [1.29, 1.82) is 0 Å². The predicted octanol–water partition coefficient (Wildman–Crippen LogP) is 7.20. The number of ether oxygens (including phenoxy) is 3. The summed E-state index contributed by atoms with van der Waals surface area (Å²) in [4.78, 5) is 18.7. The Balaban J connectivity index is 1.80. The molecule has 0 spiro atoms. The standard InChI is InChI=1S/C30H30F6N4O7S2/c1-14-12-39-20(15(2)40(14)28(41)46-29(3,4)5)11-19(38-39)25-24(22-17(32)9-16(31)10-21(22)45-8-7-44-6)23-18(33)13-48-26(23)27(37-25)47-49(42,43)30(34,35)36/h9-11,13-15H,7-8,12H2,1-6H3/t14-,15+/m1/s1. The quantitative estimate of drug-likeness (QED) is 0.0801. The maximum Gasteiger partial charge on any atom is 0.534 e. The molecule has 266 valence electrons. The van der Waals surface area contributed by atoms with Gasteiger partial charge in [-0.3, -0.25) is 9.58 Å². The van der Waals surface area contributed by atoms with Crippen molar-refractivity contribution in [2.24, 2.45) is 0 Å². The molecule has 0 saturated heterocycles. The largest absolute Gasteiger partial charge is 0.534 e. The van der Waals surface area contributed by atoms with Gasteiger partial charge in [-0.1, -0.05) is 0 Å². The van der Waals surface area contributed by atoms with Gasteiger partial charge >= 0.3 is 21.7 Å². The van der Waals surface area contributed by atoms with Gasteiger partial charge in [-0.25, -0.2) is 22.9 Å². The molecule has 4 aromatic rings. The van der Waals surface area contributed by atoms with Crippen LogP contribution in [-0.4, -0.2) is 71.7 Å². The number of pyridine rings is 1. The molecule has 0 unspecified atom stereocenters. The van der Waals surface area contributed by atoms with Crippen molar-refractivity contribution in [2.75, 3.05) is 20.3 Å². The van der Waals surface area contributed by atoms with Crippen molar-refractivity contribution < 1.29 is 57.9 Å². The van der Waals surface area contributed by atoms with Crippen LogP contribution >= 0.6 is 11.3 Å². The number of hydrogen-bond acceptors (Lipinski definition) is 10. The van der Waals surface area contributed by atoms with E-state index in [1.54, 1.807) is 34.6 Å². The zero-order valence-electron chi connectivity index (χ0n) is 26.8. The molecule has 11 nitrogen and oxygen atoms in total. The molecule has 49 heavy (non-hydrogen) atoms. The number of aromatic nitrogens is 3. The van der Waals surface area contributed by atoms with Gasteiger partial charge in [-0.15, -0.1) is 11.3 Å². The minimum absolute atomic E-state index is 0.0228. The molecule has 0 aliphatic carbocycles. The van der Waals surface area contributed by atoms with Crippen LogP contribution in [0.3, 0.4) is 0 Å². The van der Waals surface area contributed by atoms with Crippen LogP contribution in [0.4, 0.5) is 31.1 Å². The Morgan fingerprint density at radius 3 is 2.37 bits per heavy atom. The molecule has 0 N–H and O–H groups in total. The first-order valence-electron chi connectivity index (χ1n) is 14.6. The van der Waals surface area contributed by atoms with Gasteiger partial charge in [-0.2, -0.15) is 26.7 Å². The van der Waals surface area contributed by atoms with Crippen LogP contribution in [-0.2, 0) is 26.1 Å².